The molecular weight excluding hydrogens is 334 g/mol. The Bertz CT molecular complexity index is 596. The zero-order valence-electron chi connectivity index (χ0n) is 9.70. The first-order valence-electron chi connectivity index (χ1n) is 5.44. The van der Waals surface area contributed by atoms with E-state index in [9.17, 15) is 13.6 Å². The second kappa shape index (κ2) is 6.30. The molecule has 2 aromatic carbocycles. The van der Waals surface area contributed by atoms with Crippen LogP contribution in [0.1, 0.15) is 10.4 Å². The minimum Gasteiger partial charge on any atom is -0.293 e. The molecule has 0 atom stereocenters. The zero-order valence-corrected chi connectivity index (χ0v) is 12.1. The summed E-state index contributed by atoms with van der Waals surface area (Å²) >= 11 is 4.59. The molecule has 0 amide bonds. The maximum Gasteiger partial charge on any atom is 0.178 e. The molecule has 0 aliphatic rings. The molecule has 1 nitrogen and oxygen atoms in total. The van der Waals surface area contributed by atoms with Gasteiger partial charge in [-0.2, -0.15) is 0 Å². The number of ketones is 1. The summed E-state index contributed by atoms with van der Waals surface area (Å²) in [6, 6.07) is 10.8. The molecule has 98 valence electrons. The van der Waals surface area contributed by atoms with Gasteiger partial charge in [0.25, 0.3) is 0 Å². The molecule has 0 spiro atoms. The summed E-state index contributed by atoms with van der Waals surface area (Å²) < 4.78 is 27.7. The van der Waals surface area contributed by atoms with Crippen LogP contribution in [0.4, 0.5) is 8.78 Å². The summed E-state index contributed by atoms with van der Waals surface area (Å²) in [5, 5.41) is 0. The normalized spacial score (nSPS) is 10.5. The van der Waals surface area contributed by atoms with Crippen LogP contribution in [0.5, 0.6) is 0 Å². The van der Waals surface area contributed by atoms with Crippen molar-refractivity contribution in [2.45, 2.75) is 4.90 Å². The zero-order chi connectivity index (χ0) is 13.8. The Balaban J connectivity index is 2.13. The molecule has 0 fully saturated rings. The van der Waals surface area contributed by atoms with Gasteiger partial charge in [0.2, 0.25) is 0 Å². The first-order valence-corrected chi connectivity index (χ1v) is 7.22. The smallest absolute Gasteiger partial charge is 0.178 e. The third-order valence-electron chi connectivity index (χ3n) is 2.44. The quantitative estimate of drug-likeness (QED) is 0.591. The Labute approximate surface area is 122 Å². The van der Waals surface area contributed by atoms with E-state index in [2.05, 4.69) is 15.9 Å². The van der Waals surface area contributed by atoms with Crippen molar-refractivity contribution in [3.63, 3.8) is 0 Å². The molecular formula is C14H9BrF2OS. The van der Waals surface area contributed by atoms with Crippen molar-refractivity contribution in [3.8, 4) is 0 Å². The topological polar surface area (TPSA) is 17.1 Å². The Kier molecular flexibility index (Phi) is 4.71. The second-order valence-corrected chi connectivity index (χ2v) is 5.61. The molecule has 2 rings (SSSR count). The van der Waals surface area contributed by atoms with Crippen molar-refractivity contribution in [3.05, 3.63) is 64.1 Å². The molecule has 0 bridgehead atoms. The van der Waals surface area contributed by atoms with E-state index in [1.807, 2.05) is 24.3 Å². The van der Waals surface area contributed by atoms with E-state index in [0.717, 1.165) is 21.5 Å². The molecule has 2 aromatic rings. The third-order valence-corrected chi connectivity index (χ3v) is 4.46. The van der Waals surface area contributed by atoms with E-state index in [1.165, 1.54) is 17.8 Å². The molecule has 0 aliphatic heterocycles. The van der Waals surface area contributed by atoms with Gasteiger partial charge in [0.15, 0.2) is 5.78 Å². The fraction of sp³-hybridized carbons (Fsp3) is 0.0714. The molecule has 5 heteroatoms. The summed E-state index contributed by atoms with van der Waals surface area (Å²) in [6.07, 6.45) is 0. The predicted octanol–water partition coefficient (Wildman–Crippen LogP) is 4.70. The molecule has 0 aliphatic carbocycles. The number of hydrogen-bond donors (Lipinski definition) is 0. The maximum absolute atomic E-state index is 13.4. The summed E-state index contributed by atoms with van der Waals surface area (Å²) in [5.74, 6) is -2.22. The summed E-state index contributed by atoms with van der Waals surface area (Å²) in [5.41, 5.74) is -0.470. The Hall–Kier alpha value is -1.20. The van der Waals surface area contributed by atoms with Crippen molar-refractivity contribution < 1.29 is 13.6 Å². The molecule has 0 heterocycles. The standard InChI is InChI=1S/C14H9BrF2OS/c15-9-4-1-2-7-13(9)19-8-12(18)14-10(16)5-3-6-11(14)17/h1-7H,8H2. The number of carbonyl (C=O) groups is 1. The lowest BCUT2D eigenvalue weighted by Crippen LogP contribution is -2.08. The summed E-state index contributed by atoms with van der Waals surface area (Å²) in [7, 11) is 0. The lowest BCUT2D eigenvalue weighted by atomic mass is 10.1. The number of rotatable bonds is 4. The fourth-order valence-electron chi connectivity index (χ4n) is 1.54. The van der Waals surface area contributed by atoms with Crippen molar-refractivity contribution >= 4 is 33.5 Å². The average molecular weight is 343 g/mol. The number of benzene rings is 2. The molecule has 19 heavy (non-hydrogen) atoms. The highest BCUT2D eigenvalue weighted by Gasteiger charge is 2.17. The van der Waals surface area contributed by atoms with E-state index in [4.69, 9.17) is 0 Å². The van der Waals surface area contributed by atoms with Crippen LogP contribution in [-0.2, 0) is 0 Å². The van der Waals surface area contributed by atoms with E-state index < -0.39 is 23.0 Å². The van der Waals surface area contributed by atoms with Crippen LogP contribution in [0.3, 0.4) is 0 Å². The minimum atomic E-state index is -0.822. The van der Waals surface area contributed by atoms with E-state index in [0.29, 0.717) is 0 Å². The van der Waals surface area contributed by atoms with Gasteiger partial charge >= 0.3 is 0 Å². The highest BCUT2D eigenvalue weighted by atomic mass is 79.9. The second-order valence-electron chi connectivity index (χ2n) is 3.74. The Morgan fingerprint density at radius 3 is 2.32 bits per heavy atom. The number of Topliss-reactive ketones (excluding diaryl/α,β-unsaturated/α-hetero) is 1. The van der Waals surface area contributed by atoms with Gasteiger partial charge in [-0.1, -0.05) is 18.2 Å². The van der Waals surface area contributed by atoms with E-state index >= 15 is 0 Å². The maximum atomic E-state index is 13.4. The van der Waals surface area contributed by atoms with Crippen LogP contribution in [0.25, 0.3) is 0 Å². The largest absolute Gasteiger partial charge is 0.293 e. The van der Waals surface area contributed by atoms with Crippen molar-refractivity contribution in [2.24, 2.45) is 0 Å². The van der Waals surface area contributed by atoms with Gasteiger partial charge in [0, 0.05) is 9.37 Å². The van der Waals surface area contributed by atoms with Gasteiger partial charge in [-0.15, -0.1) is 11.8 Å². The summed E-state index contributed by atoms with van der Waals surface area (Å²) in [4.78, 5) is 12.7. The Morgan fingerprint density at radius 2 is 1.68 bits per heavy atom. The highest BCUT2D eigenvalue weighted by Crippen LogP contribution is 2.28. The van der Waals surface area contributed by atoms with Gasteiger partial charge in [-0.25, -0.2) is 8.78 Å². The number of hydrogen-bond acceptors (Lipinski definition) is 2. The van der Waals surface area contributed by atoms with Crippen LogP contribution in [-0.4, -0.2) is 11.5 Å². The molecule has 0 saturated carbocycles. The molecule has 0 aromatic heterocycles. The molecule has 0 saturated heterocycles. The van der Waals surface area contributed by atoms with Gasteiger partial charge in [-0.05, 0) is 40.2 Å². The highest BCUT2D eigenvalue weighted by molar-refractivity contribution is 9.10. The van der Waals surface area contributed by atoms with Crippen LogP contribution >= 0.6 is 27.7 Å². The van der Waals surface area contributed by atoms with Gasteiger partial charge in [0.05, 0.1) is 11.3 Å². The van der Waals surface area contributed by atoms with E-state index in [1.54, 1.807) is 0 Å². The van der Waals surface area contributed by atoms with Crippen LogP contribution in [0.2, 0.25) is 0 Å². The number of halogens is 3. The summed E-state index contributed by atoms with van der Waals surface area (Å²) in [6.45, 7) is 0. The monoisotopic (exact) mass is 342 g/mol. The van der Waals surface area contributed by atoms with E-state index in [-0.39, 0.29) is 5.75 Å². The minimum absolute atomic E-state index is 0.0134. The Morgan fingerprint density at radius 1 is 1.05 bits per heavy atom. The number of carbonyl (C=O) groups excluding carboxylic acids is 1. The SMILES string of the molecule is O=C(CSc1ccccc1Br)c1c(F)cccc1F. The predicted molar refractivity (Wildman–Crippen MR) is 75.6 cm³/mol. The third kappa shape index (κ3) is 3.42. The average Bonchev–Trinajstić information content (AvgIpc) is 2.37. The van der Waals surface area contributed by atoms with Crippen LogP contribution < -0.4 is 0 Å². The van der Waals surface area contributed by atoms with Crippen molar-refractivity contribution in [2.75, 3.05) is 5.75 Å². The van der Waals surface area contributed by atoms with Crippen molar-refractivity contribution in [1.29, 1.82) is 0 Å². The lowest BCUT2D eigenvalue weighted by Gasteiger charge is -2.05. The van der Waals surface area contributed by atoms with Crippen LogP contribution in [0, 0.1) is 11.6 Å². The molecule has 0 radical (unpaired) electrons. The van der Waals surface area contributed by atoms with Crippen molar-refractivity contribution in [1.82, 2.24) is 0 Å². The van der Waals surface area contributed by atoms with Gasteiger partial charge < -0.3 is 0 Å². The molecule has 0 N–H and O–H groups in total. The lowest BCUT2D eigenvalue weighted by molar-refractivity contribution is 0.101. The van der Waals surface area contributed by atoms with Gasteiger partial charge in [-0.3, -0.25) is 4.79 Å². The fourth-order valence-corrected chi connectivity index (χ4v) is 2.98. The first-order chi connectivity index (χ1) is 9.09. The number of thioether (sulfide) groups is 1. The van der Waals surface area contributed by atoms with Crippen LogP contribution in [0.15, 0.2) is 51.8 Å². The molecule has 0 unspecified atom stereocenters. The first kappa shape index (κ1) is 14.2. The van der Waals surface area contributed by atoms with Gasteiger partial charge in [0.1, 0.15) is 11.6 Å².